The van der Waals surface area contributed by atoms with Crippen molar-refractivity contribution >= 4 is 45.9 Å². The predicted molar refractivity (Wildman–Crippen MR) is 75.1 cm³/mol. The van der Waals surface area contributed by atoms with E-state index >= 15 is 0 Å². The van der Waals surface area contributed by atoms with E-state index in [1.807, 2.05) is 0 Å². The first kappa shape index (κ1) is 14.1. The zero-order valence-corrected chi connectivity index (χ0v) is 11.9. The summed E-state index contributed by atoms with van der Waals surface area (Å²) in [7, 11) is 0. The van der Waals surface area contributed by atoms with Gasteiger partial charge in [0.2, 0.25) is 11.2 Å². The van der Waals surface area contributed by atoms with Gasteiger partial charge in [0, 0.05) is 25.6 Å². The van der Waals surface area contributed by atoms with Gasteiger partial charge in [-0.2, -0.15) is 4.98 Å². The van der Waals surface area contributed by atoms with E-state index in [0.717, 1.165) is 0 Å². The Morgan fingerprint density at radius 1 is 1.68 bits per heavy atom. The molecule has 0 aromatic carbocycles. The monoisotopic (exact) mass is 300 g/mol. The number of thioether (sulfide) groups is 1. The average Bonchev–Trinajstić information content (AvgIpc) is 2.68. The number of carbonyl (C=O) groups is 2. The number of carbonyl (C=O) groups excluding carboxylic acids is 2. The maximum absolute atomic E-state index is 12.0. The average molecular weight is 301 g/mol. The molecule has 1 aliphatic rings. The molecular weight excluding hydrogens is 288 g/mol. The maximum atomic E-state index is 12.0. The van der Waals surface area contributed by atoms with Crippen molar-refractivity contribution in [3.05, 3.63) is 11.5 Å². The summed E-state index contributed by atoms with van der Waals surface area (Å²) in [4.78, 5) is 32.1. The topological polar surface area (TPSA) is 89.2 Å². The molecular formula is C11H13ClN4O2S. The Labute approximate surface area is 119 Å². The van der Waals surface area contributed by atoms with Crippen LogP contribution in [-0.4, -0.2) is 33.3 Å². The summed E-state index contributed by atoms with van der Waals surface area (Å²) in [5, 5.41) is 0.108. The van der Waals surface area contributed by atoms with Crippen molar-refractivity contribution in [2.75, 3.05) is 22.9 Å². The molecule has 0 radical (unpaired) electrons. The van der Waals surface area contributed by atoms with Gasteiger partial charge in [0.05, 0.1) is 6.20 Å². The van der Waals surface area contributed by atoms with Gasteiger partial charge in [-0.15, -0.1) is 0 Å². The number of hydrogen-bond donors (Lipinski definition) is 1. The largest absolute Gasteiger partial charge is 0.382 e. The molecule has 1 aromatic rings. The van der Waals surface area contributed by atoms with Crippen molar-refractivity contribution in [3.8, 4) is 0 Å². The van der Waals surface area contributed by atoms with Crippen LogP contribution in [0.25, 0.3) is 0 Å². The summed E-state index contributed by atoms with van der Waals surface area (Å²) < 4.78 is 0. The van der Waals surface area contributed by atoms with E-state index in [4.69, 9.17) is 17.3 Å². The molecule has 6 nitrogen and oxygen atoms in total. The van der Waals surface area contributed by atoms with Crippen LogP contribution in [0.2, 0.25) is 5.28 Å². The fourth-order valence-electron chi connectivity index (χ4n) is 1.94. The number of nitrogens with two attached hydrogens (primary N) is 1. The van der Waals surface area contributed by atoms with Crippen LogP contribution in [-0.2, 0) is 9.59 Å². The standard InChI is InChI=1S/C11H13ClN4O2S/c1-6(17)19-5-7-2-9(18)16(4-7)8-3-14-11(12)15-10(8)13/h3,7H,2,4-5H2,1H3,(H2,13,14,15). The highest BCUT2D eigenvalue weighted by molar-refractivity contribution is 8.13. The molecule has 0 spiro atoms. The summed E-state index contributed by atoms with van der Waals surface area (Å²) in [6, 6.07) is 0. The van der Waals surface area contributed by atoms with Gasteiger partial charge in [0.1, 0.15) is 5.69 Å². The van der Waals surface area contributed by atoms with E-state index in [9.17, 15) is 9.59 Å². The third kappa shape index (κ3) is 3.36. The second kappa shape index (κ2) is 5.75. The van der Waals surface area contributed by atoms with Crippen molar-refractivity contribution in [1.29, 1.82) is 0 Å². The molecule has 0 bridgehead atoms. The summed E-state index contributed by atoms with van der Waals surface area (Å²) >= 11 is 6.86. The highest BCUT2D eigenvalue weighted by Crippen LogP contribution is 2.30. The lowest BCUT2D eigenvalue weighted by molar-refractivity contribution is -0.117. The van der Waals surface area contributed by atoms with Gasteiger partial charge in [-0.05, 0) is 17.5 Å². The summed E-state index contributed by atoms with van der Waals surface area (Å²) in [5.41, 5.74) is 6.22. The van der Waals surface area contributed by atoms with Gasteiger partial charge >= 0.3 is 0 Å². The number of hydrogen-bond acceptors (Lipinski definition) is 6. The third-order valence-electron chi connectivity index (χ3n) is 2.79. The number of rotatable bonds is 3. The molecule has 1 saturated heterocycles. The third-order valence-corrected chi connectivity index (χ3v) is 4.01. The normalized spacial score (nSPS) is 18.9. The second-order valence-electron chi connectivity index (χ2n) is 4.29. The van der Waals surface area contributed by atoms with Gasteiger partial charge in [-0.25, -0.2) is 4.98 Å². The SMILES string of the molecule is CC(=O)SCC1CC(=O)N(c2cnc(Cl)nc2N)C1. The van der Waals surface area contributed by atoms with E-state index < -0.39 is 0 Å². The molecule has 1 atom stereocenters. The molecule has 0 saturated carbocycles. The van der Waals surface area contributed by atoms with E-state index in [1.54, 1.807) is 4.90 Å². The molecule has 1 aliphatic heterocycles. The number of amides is 1. The molecule has 19 heavy (non-hydrogen) atoms. The Hall–Kier alpha value is -1.34. The molecule has 8 heteroatoms. The number of nitrogens with zero attached hydrogens (tertiary/aromatic N) is 3. The van der Waals surface area contributed by atoms with Crippen LogP contribution < -0.4 is 10.6 Å². The lowest BCUT2D eigenvalue weighted by Crippen LogP contribution is -2.26. The van der Waals surface area contributed by atoms with Gasteiger partial charge in [-0.1, -0.05) is 11.8 Å². The highest BCUT2D eigenvalue weighted by atomic mass is 35.5. The van der Waals surface area contributed by atoms with Crippen LogP contribution in [0.4, 0.5) is 11.5 Å². The first-order valence-electron chi connectivity index (χ1n) is 5.69. The number of nitrogen functional groups attached to an aromatic ring is 1. The molecule has 1 fully saturated rings. The minimum atomic E-state index is -0.0354. The molecule has 1 aromatic heterocycles. The van der Waals surface area contributed by atoms with E-state index in [1.165, 1.54) is 24.9 Å². The molecule has 1 amide bonds. The summed E-state index contributed by atoms with van der Waals surface area (Å²) in [6.07, 6.45) is 1.85. The number of anilines is 2. The van der Waals surface area contributed by atoms with Crippen molar-refractivity contribution in [3.63, 3.8) is 0 Å². The first-order chi connectivity index (χ1) is 8.97. The Bertz CT molecular complexity index is 525. The van der Waals surface area contributed by atoms with Crippen LogP contribution in [0.3, 0.4) is 0 Å². The minimum Gasteiger partial charge on any atom is -0.382 e. The van der Waals surface area contributed by atoms with Gasteiger partial charge < -0.3 is 10.6 Å². The summed E-state index contributed by atoms with van der Waals surface area (Å²) in [5.74, 6) is 0.919. The zero-order valence-electron chi connectivity index (χ0n) is 10.3. The molecule has 0 aliphatic carbocycles. The predicted octanol–water partition coefficient (Wildman–Crippen LogP) is 1.34. The molecule has 2 rings (SSSR count). The van der Waals surface area contributed by atoms with E-state index in [2.05, 4.69) is 9.97 Å². The zero-order chi connectivity index (χ0) is 14.0. The van der Waals surface area contributed by atoms with Gasteiger partial charge in [-0.3, -0.25) is 9.59 Å². The smallest absolute Gasteiger partial charge is 0.227 e. The highest BCUT2D eigenvalue weighted by Gasteiger charge is 2.32. The van der Waals surface area contributed by atoms with Crippen LogP contribution in [0.1, 0.15) is 13.3 Å². The number of halogens is 1. The van der Waals surface area contributed by atoms with Crippen molar-refractivity contribution in [2.45, 2.75) is 13.3 Å². The van der Waals surface area contributed by atoms with Crippen molar-refractivity contribution < 1.29 is 9.59 Å². The van der Waals surface area contributed by atoms with Crippen LogP contribution in [0, 0.1) is 5.92 Å². The Kier molecular flexibility index (Phi) is 4.26. The molecule has 2 heterocycles. The van der Waals surface area contributed by atoms with Crippen molar-refractivity contribution in [1.82, 2.24) is 9.97 Å². The first-order valence-corrected chi connectivity index (χ1v) is 7.05. The molecule has 102 valence electrons. The maximum Gasteiger partial charge on any atom is 0.227 e. The fourth-order valence-corrected chi connectivity index (χ4v) is 2.77. The van der Waals surface area contributed by atoms with Gasteiger partial charge in [0.15, 0.2) is 10.9 Å². The Balaban J connectivity index is 2.09. The van der Waals surface area contributed by atoms with Crippen LogP contribution in [0.5, 0.6) is 0 Å². The van der Waals surface area contributed by atoms with Gasteiger partial charge in [0.25, 0.3) is 0 Å². The number of aromatic nitrogens is 2. The minimum absolute atomic E-state index is 0.0354. The lowest BCUT2D eigenvalue weighted by atomic mass is 10.1. The molecule has 2 N–H and O–H groups in total. The molecule has 1 unspecified atom stereocenters. The van der Waals surface area contributed by atoms with Crippen molar-refractivity contribution in [2.24, 2.45) is 5.92 Å². The second-order valence-corrected chi connectivity index (χ2v) is 5.82. The van der Waals surface area contributed by atoms with E-state index in [0.29, 0.717) is 24.4 Å². The quantitative estimate of drug-likeness (QED) is 0.848. The lowest BCUT2D eigenvalue weighted by Gasteiger charge is -2.17. The van der Waals surface area contributed by atoms with E-state index in [-0.39, 0.29) is 28.0 Å². The fraction of sp³-hybridized carbons (Fsp3) is 0.455. The Morgan fingerprint density at radius 3 is 3.05 bits per heavy atom. The summed E-state index contributed by atoms with van der Waals surface area (Å²) in [6.45, 7) is 2.04. The van der Waals surface area contributed by atoms with Crippen LogP contribution >= 0.6 is 23.4 Å². The Morgan fingerprint density at radius 2 is 2.42 bits per heavy atom. The van der Waals surface area contributed by atoms with Crippen LogP contribution in [0.15, 0.2) is 6.20 Å².